The summed E-state index contributed by atoms with van der Waals surface area (Å²) in [6.07, 6.45) is 0.969. The van der Waals surface area contributed by atoms with Crippen molar-refractivity contribution >= 4 is 33.2 Å². The van der Waals surface area contributed by atoms with Gasteiger partial charge in [0, 0.05) is 6.54 Å². The smallest absolute Gasteiger partial charge is 0.262 e. The summed E-state index contributed by atoms with van der Waals surface area (Å²) in [5, 5.41) is 5.41. The van der Waals surface area contributed by atoms with E-state index in [1.165, 1.54) is 29.6 Å². The average molecular weight is 445 g/mol. The van der Waals surface area contributed by atoms with E-state index in [1.807, 2.05) is 13.0 Å². The highest BCUT2D eigenvalue weighted by Gasteiger charge is 2.40. The number of methoxy groups -OCH3 is 1. The maximum Gasteiger partial charge on any atom is 0.262 e. The Labute approximate surface area is 180 Å². The van der Waals surface area contributed by atoms with E-state index >= 15 is 0 Å². The Kier molecular flexibility index (Phi) is 5.59. The van der Waals surface area contributed by atoms with Crippen LogP contribution in [0.1, 0.15) is 18.4 Å². The quantitative estimate of drug-likeness (QED) is 0.729. The predicted octanol–water partition coefficient (Wildman–Crippen LogP) is 2.13. The lowest BCUT2D eigenvalue weighted by molar-refractivity contribution is -0.119. The maximum absolute atomic E-state index is 13.3. The molecule has 0 spiro atoms. The van der Waals surface area contributed by atoms with Crippen LogP contribution in [0.4, 0.5) is 11.4 Å². The molecule has 10 heteroatoms. The molecule has 0 radical (unpaired) electrons. The molecule has 1 fully saturated rings. The third-order valence-electron chi connectivity index (χ3n) is 5.31. The van der Waals surface area contributed by atoms with Crippen molar-refractivity contribution in [2.75, 3.05) is 30.9 Å². The summed E-state index contributed by atoms with van der Waals surface area (Å²) in [7, 11) is -2.46. The van der Waals surface area contributed by atoms with Crippen LogP contribution in [0.15, 0.2) is 41.3 Å². The minimum Gasteiger partial charge on any atom is -0.495 e. The highest BCUT2D eigenvalue weighted by atomic mass is 32.2. The lowest BCUT2D eigenvalue weighted by Crippen LogP contribution is -2.43. The second-order valence-corrected chi connectivity index (χ2v) is 9.35. The highest BCUT2D eigenvalue weighted by molar-refractivity contribution is 7.89. The molecule has 2 aromatic carbocycles. The zero-order valence-corrected chi connectivity index (χ0v) is 18.0. The number of benzene rings is 2. The van der Waals surface area contributed by atoms with Crippen molar-refractivity contribution in [2.45, 2.75) is 30.7 Å². The molecule has 31 heavy (non-hydrogen) atoms. The van der Waals surface area contributed by atoms with Crippen molar-refractivity contribution in [3.63, 3.8) is 0 Å². The molecule has 2 aliphatic rings. The molecule has 2 heterocycles. The van der Waals surface area contributed by atoms with E-state index < -0.39 is 22.0 Å². The van der Waals surface area contributed by atoms with Gasteiger partial charge >= 0.3 is 0 Å². The van der Waals surface area contributed by atoms with Crippen molar-refractivity contribution in [3.8, 4) is 11.5 Å². The number of carbonyl (C=O) groups is 2. The second-order valence-electron chi connectivity index (χ2n) is 7.46. The Balaban J connectivity index is 1.59. The molecule has 1 saturated heterocycles. The number of hydrogen-bond acceptors (Lipinski definition) is 6. The van der Waals surface area contributed by atoms with E-state index in [9.17, 15) is 18.0 Å². The molecule has 0 saturated carbocycles. The monoisotopic (exact) mass is 445 g/mol. The SMILES string of the molecule is COc1ccc(C)cc1NC(=O)C1CCCN1S(=O)(=O)c1ccc2c(c1)NC(=O)CO2. The number of rotatable bonds is 5. The largest absolute Gasteiger partial charge is 0.495 e. The number of amides is 2. The molecule has 0 bridgehead atoms. The minimum absolute atomic E-state index is 0.00936. The van der Waals surface area contributed by atoms with Gasteiger partial charge in [-0.3, -0.25) is 9.59 Å². The molecule has 0 aliphatic carbocycles. The molecule has 164 valence electrons. The molecule has 0 aromatic heterocycles. The summed E-state index contributed by atoms with van der Waals surface area (Å²) in [4.78, 5) is 24.6. The van der Waals surface area contributed by atoms with Crippen LogP contribution >= 0.6 is 0 Å². The van der Waals surface area contributed by atoms with Gasteiger partial charge in [0.25, 0.3) is 5.91 Å². The predicted molar refractivity (Wildman–Crippen MR) is 114 cm³/mol. The van der Waals surface area contributed by atoms with E-state index in [0.29, 0.717) is 35.7 Å². The number of nitrogens with one attached hydrogen (secondary N) is 2. The molecule has 1 unspecified atom stereocenters. The first-order chi connectivity index (χ1) is 14.8. The normalized spacial score (nSPS) is 18.6. The Hall–Kier alpha value is -3.11. The van der Waals surface area contributed by atoms with E-state index in [1.54, 1.807) is 12.1 Å². The van der Waals surface area contributed by atoms with Crippen LogP contribution < -0.4 is 20.1 Å². The fourth-order valence-corrected chi connectivity index (χ4v) is 5.47. The lowest BCUT2D eigenvalue weighted by Gasteiger charge is -2.25. The number of fused-ring (bicyclic) bond motifs is 1. The van der Waals surface area contributed by atoms with Crippen molar-refractivity contribution < 1.29 is 27.5 Å². The molecule has 4 rings (SSSR count). The third kappa shape index (κ3) is 4.08. The van der Waals surface area contributed by atoms with Crippen molar-refractivity contribution in [1.29, 1.82) is 0 Å². The summed E-state index contributed by atoms with van der Waals surface area (Å²) in [6, 6.07) is 8.82. The number of carbonyl (C=O) groups excluding carboxylic acids is 2. The number of hydrogen-bond donors (Lipinski definition) is 2. The van der Waals surface area contributed by atoms with Crippen LogP contribution in [-0.4, -0.2) is 50.8 Å². The van der Waals surface area contributed by atoms with Crippen LogP contribution in [0.2, 0.25) is 0 Å². The minimum atomic E-state index is -3.97. The number of nitrogens with zero attached hydrogens (tertiary/aromatic N) is 1. The van der Waals surface area contributed by atoms with Crippen molar-refractivity contribution in [3.05, 3.63) is 42.0 Å². The van der Waals surface area contributed by atoms with Gasteiger partial charge in [-0.2, -0.15) is 4.31 Å². The molecular formula is C21H23N3O6S. The summed E-state index contributed by atoms with van der Waals surface area (Å²) in [5.41, 5.74) is 1.72. The van der Waals surface area contributed by atoms with E-state index in [2.05, 4.69) is 10.6 Å². The molecular weight excluding hydrogens is 422 g/mol. The third-order valence-corrected chi connectivity index (χ3v) is 7.21. The van der Waals surface area contributed by atoms with Gasteiger partial charge in [0.1, 0.15) is 17.5 Å². The summed E-state index contributed by atoms with van der Waals surface area (Å²) in [5.74, 6) is 0.129. The van der Waals surface area contributed by atoms with Crippen LogP contribution in [0, 0.1) is 6.92 Å². The van der Waals surface area contributed by atoms with Crippen LogP contribution in [-0.2, 0) is 19.6 Å². The number of sulfonamides is 1. The Morgan fingerprint density at radius 2 is 2.06 bits per heavy atom. The second kappa shape index (κ2) is 8.20. The zero-order chi connectivity index (χ0) is 22.2. The summed E-state index contributed by atoms with van der Waals surface area (Å²) < 4.78 is 38.4. The van der Waals surface area contributed by atoms with Crippen molar-refractivity contribution in [1.82, 2.24) is 4.31 Å². The fourth-order valence-electron chi connectivity index (χ4n) is 3.78. The van der Waals surface area contributed by atoms with Gasteiger partial charge in [-0.1, -0.05) is 6.07 Å². The lowest BCUT2D eigenvalue weighted by atomic mass is 10.1. The Bertz CT molecular complexity index is 1150. The first-order valence-corrected chi connectivity index (χ1v) is 11.3. The first-order valence-electron chi connectivity index (χ1n) is 9.83. The van der Waals surface area contributed by atoms with Crippen LogP contribution in [0.25, 0.3) is 0 Å². The fraction of sp³-hybridized carbons (Fsp3) is 0.333. The highest BCUT2D eigenvalue weighted by Crippen LogP contribution is 2.34. The zero-order valence-electron chi connectivity index (χ0n) is 17.2. The van der Waals surface area contributed by atoms with Gasteiger partial charge in [-0.15, -0.1) is 0 Å². The topological polar surface area (TPSA) is 114 Å². The summed E-state index contributed by atoms with van der Waals surface area (Å²) in [6.45, 7) is 2.00. The molecule has 2 N–H and O–H groups in total. The molecule has 9 nitrogen and oxygen atoms in total. The first kappa shape index (κ1) is 21.1. The van der Waals surface area contributed by atoms with E-state index in [4.69, 9.17) is 9.47 Å². The van der Waals surface area contributed by atoms with Gasteiger partial charge in [0.15, 0.2) is 6.61 Å². The number of anilines is 2. The molecule has 2 amide bonds. The van der Waals surface area contributed by atoms with Crippen molar-refractivity contribution in [2.24, 2.45) is 0 Å². The van der Waals surface area contributed by atoms with Crippen LogP contribution in [0.5, 0.6) is 11.5 Å². The van der Waals surface area contributed by atoms with E-state index in [-0.39, 0.29) is 24.0 Å². The molecule has 1 atom stereocenters. The van der Waals surface area contributed by atoms with Gasteiger partial charge in [0.05, 0.1) is 23.4 Å². The number of aryl methyl sites for hydroxylation is 1. The Morgan fingerprint density at radius 1 is 1.26 bits per heavy atom. The van der Waals surface area contributed by atoms with Gasteiger partial charge in [0.2, 0.25) is 15.9 Å². The maximum atomic E-state index is 13.3. The average Bonchev–Trinajstić information content (AvgIpc) is 3.24. The standard InChI is InChI=1S/C21H23N3O6S/c1-13-5-7-18(29-2)15(10-13)23-21(26)17-4-3-9-24(17)31(27,28)14-6-8-19-16(11-14)22-20(25)12-30-19/h5-8,10-11,17H,3-4,9,12H2,1-2H3,(H,22,25)(H,23,26). The van der Waals surface area contributed by atoms with Gasteiger partial charge in [-0.25, -0.2) is 8.42 Å². The van der Waals surface area contributed by atoms with Gasteiger partial charge < -0.3 is 20.1 Å². The summed E-state index contributed by atoms with van der Waals surface area (Å²) >= 11 is 0. The number of ether oxygens (including phenoxy) is 2. The Morgan fingerprint density at radius 3 is 2.84 bits per heavy atom. The van der Waals surface area contributed by atoms with Crippen LogP contribution in [0.3, 0.4) is 0 Å². The van der Waals surface area contributed by atoms with E-state index in [0.717, 1.165) is 5.56 Å². The molecule has 2 aromatic rings. The van der Waals surface area contributed by atoms with Gasteiger partial charge in [-0.05, 0) is 55.7 Å². The molecule has 2 aliphatic heterocycles.